The first-order valence-electron chi connectivity index (χ1n) is 11.7. The highest BCUT2D eigenvalue weighted by molar-refractivity contribution is 7.99. The van der Waals surface area contributed by atoms with Gasteiger partial charge < -0.3 is 4.90 Å². The highest BCUT2D eigenvalue weighted by Gasteiger charge is 2.27. The normalized spacial score (nSPS) is 17.7. The van der Waals surface area contributed by atoms with Gasteiger partial charge in [-0.05, 0) is 38.8 Å². The molecule has 2 aromatic rings. The summed E-state index contributed by atoms with van der Waals surface area (Å²) in [5, 5.41) is 0.894. The number of nitrogens with zero attached hydrogens (tertiary/aromatic N) is 6. The maximum absolute atomic E-state index is 4.99. The Balaban J connectivity index is 0.00000289. The summed E-state index contributed by atoms with van der Waals surface area (Å²) >= 11 is 1.76. The van der Waals surface area contributed by atoms with Gasteiger partial charge in [0.05, 0.1) is 0 Å². The molecule has 1 saturated heterocycles. The fourth-order valence-electron chi connectivity index (χ4n) is 4.01. The summed E-state index contributed by atoms with van der Waals surface area (Å²) in [5.74, 6) is 3.83. The van der Waals surface area contributed by atoms with E-state index in [4.69, 9.17) is 9.97 Å². The van der Waals surface area contributed by atoms with Crippen LogP contribution < -0.4 is 4.90 Å². The van der Waals surface area contributed by atoms with Crippen LogP contribution in [0.5, 0.6) is 0 Å². The van der Waals surface area contributed by atoms with Crippen LogP contribution in [0.2, 0.25) is 0 Å². The van der Waals surface area contributed by atoms with E-state index in [1.54, 1.807) is 11.8 Å². The Morgan fingerprint density at radius 2 is 1.81 bits per heavy atom. The summed E-state index contributed by atoms with van der Waals surface area (Å²) in [7, 11) is 0. The lowest BCUT2D eigenvalue weighted by Gasteiger charge is -2.36. The second-order valence-electron chi connectivity index (χ2n) is 9.86. The molecular formula is C24H37ClN6S. The Kier molecular flexibility index (Phi) is 8.75. The molecule has 4 rings (SSSR count). The van der Waals surface area contributed by atoms with E-state index in [-0.39, 0.29) is 17.8 Å². The van der Waals surface area contributed by atoms with Crippen molar-refractivity contribution < 1.29 is 0 Å². The summed E-state index contributed by atoms with van der Waals surface area (Å²) in [5.41, 5.74) is 2.28. The van der Waals surface area contributed by atoms with Gasteiger partial charge in [0.1, 0.15) is 11.6 Å². The molecule has 1 saturated carbocycles. The lowest BCUT2D eigenvalue weighted by Crippen LogP contribution is -2.47. The molecule has 32 heavy (non-hydrogen) atoms. The zero-order valence-corrected chi connectivity index (χ0v) is 21.5. The van der Waals surface area contributed by atoms with Crippen molar-refractivity contribution in [3.05, 3.63) is 35.5 Å². The molecule has 0 amide bonds. The molecule has 0 unspecified atom stereocenters. The fraction of sp³-hybridized carbons (Fsp3) is 0.667. The molecule has 0 atom stereocenters. The average molecular weight is 477 g/mol. The first-order chi connectivity index (χ1) is 14.9. The lowest BCUT2D eigenvalue weighted by atomic mass is 9.82. The van der Waals surface area contributed by atoms with E-state index in [9.17, 15) is 0 Å². The second-order valence-corrected chi connectivity index (χ2v) is 10.9. The number of rotatable bonds is 7. The maximum Gasteiger partial charge on any atom is 0.187 e. The highest BCUT2D eigenvalue weighted by Crippen LogP contribution is 2.37. The zero-order chi connectivity index (χ0) is 21.8. The summed E-state index contributed by atoms with van der Waals surface area (Å²) in [6.07, 6.45) is 6.90. The third kappa shape index (κ3) is 6.55. The number of hydrogen-bond acceptors (Lipinski definition) is 7. The van der Waals surface area contributed by atoms with Gasteiger partial charge in [-0.15, -0.1) is 12.4 Å². The van der Waals surface area contributed by atoms with Crippen LogP contribution in [-0.2, 0) is 5.41 Å². The molecule has 6 nitrogen and oxygen atoms in total. The quantitative estimate of drug-likeness (QED) is 0.321. The van der Waals surface area contributed by atoms with Gasteiger partial charge in [-0.3, -0.25) is 4.90 Å². The Morgan fingerprint density at radius 1 is 1.06 bits per heavy atom. The molecule has 0 bridgehead atoms. The summed E-state index contributed by atoms with van der Waals surface area (Å²) < 4.78 is 0. The molecule has 2 aromatic heterocycles. The molecule has 0 spiro atoms. The predicted octanol–water partition coefficient (Wildman–Crippen LogP) is 4.87. The average Bonchev–Trinajstić information content (AvgIpc) is 2.70. The van der Waals surface area contributed by atoms with Gasteiger partial charge in [0.15, 0.2) is 5.16 Å². The van der Waals surface area contributed by atoms with E-state index in [1.165, 1.54) is 25.0 Å². The topological polar surface area (TPSA) is 58.0 Å². The number of thioether (sulfide) groups is 1. The van der Waals surface area contributed by atoms with E-state index in [1.807, 2.05) is 19.2 Å². The van der Waals surface area contributed by atoms with Gasteiger partial charge in [-0.1, -0.05) is 39.0 Å². The molecule has 1 aliphatic carbocycles. The Morgan fingerprint density at radius 3 is 2.44 bits per heavy atom. The van der Waals surface area contributed by atoms with Gasteiger partial charge in [0.2, 0.25) is 0 Å². The van der Waals surface area contributed by atoms with Crippen LogP contribution in [0.4, 0.5) is 5.82 Å². The number of anilines is 1. The highest BCUT2D eigenvalue weighted by atomic mass is 35.5. The molecular weight excluding hydrogens is 440 g/mol. The lowest BCUT2D eigenvalue weighted by molar-refractivity contribution is 0.258. The van der Waals surface area contributed by atoms with Crippen molar-refractivity contribution in [2.75, 3.05) is 43.4 Å². The first kappa shape index (κ1) is 25.2. The van der Waals surface area contributed by atoms with Crippen LogP contribution in [0, 0.1) is 6.92 Å². The van der Waals surface area contributed by atoms with E-state index < -0.39 is 0 Å². The van der Waals surface area contributed by atoms with Crippen LogP contribution >= 0.6 is 24.2 Å². The van der Waals surface area contributed by atoms with Crippen LogP contribution in [0.1, 0.15) is 69.6 Å². The van der Waals surface area contributed by atoms with Gasteiger partial charge in [-0.25, -0.2) is 19.9 Å². The molecule has 0 N–H and O–H groups in total. The fourth-order valence-corrected chi connectivity index (χ4v) is 4.81. The van der Waals surface area contributed by atoms with Gasteiger partial charge >= 0.3 is 0 Å². The van der Waals surface area contributed by atoms with Crippen molar-refractivity contribution in [1.29, 1.82) is 0 Å². The number of aromatic nitrogens is 4. The number of halogens is 1. The molecule has 0 radical (unpaired) electrons. The molecule has 1 aliphatic heterocycles. The molecule has 2 fully saturated rings. The van der Waals surface area contributed by atoms with Crippen LogP contribution in [0.25, 0.3) is 0 Å². The van der Waals surface area contributed by atoms with Gasteiger partial charge in [-0.2, -0.15) is 0 Å². The summed E-state index contributed by atoms with van der Waals surface area (Å²) in [4.78, 5) is 23.8. The van der Waals surface area contributed by atoms with Crippen molar-refractivity contribution in [3.8, 4) is 0 Å². The monoisotopic (exact) mass is 476 g/mol. The maximum atomic E-state index is 4.99. The third-order valence-electron chi connectivity index (χ3n) is 6.25. The van der Waals surface area contributed by atoms with Crippen molar-refractivity contribution >= 4 is 30.0 Å². The molecule has 2 aliphatic rings. The largest absolute Gasteiger partial charge is 0.354 e. The van der Waals surface area contributed by atoms with E-state index in [2.05, 4.69) is 46.6 Å². The van der Waals surface area contributed by atoms with E-state index in [0.717, 1.165) is 67.4 Å². The molecule has 8 heteroatoms. The Labute approximate surface area is 203 Å². The first-order valence-corrected chi connectivity index (χ1v) is 12.7. The molecule has 176 valence electrons. The van der Waals surface area contributed by atoms with Crippen LogP contribution in [0.15, 0.2) is 23.5 Å². The van der Waals surface area contributed by atoms with Gasteiger partial charge in [0, 0.05) is 66.9 Å². The second kappa shape index (κ2) is 11.1. The standard InChI is InChI=1S/C24H36N6S.ClH/c1-18-9-10-25-23(26-18)31-16-6-11-29-12-14-30(15-13-29)21-17-20(19-7-5-8-19)27-22(28-21)24(2,3)4;/h9-10,17,19H,5-8,11-16H2,1-4H3;1H. The van der Waals surface area contributed by atoms with Crippen molar-refractivity contribution in [3.63, 3.8) is 0 Å². The number of hydrogen-bond donors (Lipinski definition) is 0. The Bertz CT molecular complexity index is 875. The number of piperazine rings is 1. The van der Waals surface area contributed by atoms with E-state index >= 15 is 0 Å². The molecule has 0 aromatic carbocycles. The smallest absolute Gasteiger partial charge is 0.187 e. The minimum atomic E-state index is -0.0188. The van der Waals surface area contributed by atoms with E-state index in [0.29, 0.717) is 5.92 Å². The number of aryl methyl sites for hydroxylation is 1. The zero-order valence-electron chi connectivity index (χ0n) is 19.9. The van der Waals surface area contributed by atoms with Crippen molar-refractivity contribution in [2.24, 2.45) is 0 Å². The summed E-state index contributed by atoms with van der Waals surface area (Å²) in [6, 6.07) is 4.22. The third-order valence-corrected chi connectivity index (χ3v) is 7.19. The van der Waals surface area contributed by atoms with Crippen LogP contribution in [-0.4, -0.2) is 63.3 Å². The molecule has 3 heterocycles. The minimum Gasteiger partial charge on any atom is -0.354 e. The SMILES string of the molecule is Cc1ccnc(SCCCN2CCN(c3cc(C4CCC4)nc(C(C)(C)C)n3)CC2)n1.Cl. The van der Waals surface area contributed by atoms with Gasteiger partial charge in [0.25, 0.3) is 0 Å². The predicted molar refractivity (Wildman–Crippen MR) is 135 cm³/mol. The summed E-state index contributed by atoms with van der Waals surface area (Å²) in [6.45, 7) is 14.1. The minimum absolute atomic E-state index is 0. The van der Waals surface area contributed by atoms with Crippen molar-refractivity contribution in [2.45, 2.75) is 69.9 Å². The van der Waals surface area contributed by atoms with Crippen molar-refractivity contribution in [1.82, 2.24) is 24.8 Å². The Hall–Kier alpha value is -1.44. The van der Waals surface area contributed by atoms with Crippen LogP contribution in [0.3, 0.4) is 0 Å².